The third-order valence-corrected chi connectivity index (χ3v) is 7.18. The van der Waals surface area contributed by atoms with Crippen LogP contribution in [-0.2, 0) is 31.6 Å². The van der Waals surface area contributed by atoms with Crippen LogP contribution in [0.4, 0.5) is 0 Å². The molecule has 6 atom stereocenters. The number of aromatic amines is 1. The van der Waals surface area contributed by atoms with Crippen molar-refractivity contribution in [2.45, 2.75) is 24.0 Å². The maximum Gasteiger partial charge on any atom is 0.490 e. The number of nitrogens with one attached hydrogen (secondary N) is 1. The van der Waals surface area contributed by atoms with E-state index in [9.17, 15) is 33.3 Å². The number of phosphoric ester groups is 1. The summed E-state index contributed by atoms with van der Waals surface area (Å²) < 4.78 is 66.4. The molecule has 8 N–H and O–H groups in total. The van der Waals surface area contributed by atoms with Crippen LogP contribution >= 0.6 is 23.5 Å². The first-order valence-corrected chi connectivity index (χ1v) is 12.0. The average molecular weight is 509 g/mol. The summed E-state index contributed by atoms with van der Waals surface area (Å²) >= 11 is 0. The SMILES string of the molecule is [2H]C([2H])(OP(=O)(O)OP(=O)(O)OP(=O)(O)O)[C@H]1O[C@@H](n2ccc(=O)[nH]c2=O)C(N)(C#C)[C@H]1O. The van der Waals surface area contributed by atoms with Crippen LogP contribution in [0.25, 0.3) is 0 Å². The summed E-state index contributed by atoms with van der Waals surface area (Å²) in [5.41, 5.74) is 1.50. The van der Waals surface area contributed by atoms with Crippen LogP contribution in [-0.4, -0.2) is 58.5 Å². The minimum atomic E-state index is -6.01. The van der Waals surface area contributed by atoms with E-state index in [0.29, 0.717) is 4.57 Å². The Morgan fingerprint density at radius 3 is 2.42 bits per heavy atom. The molecule has 20 heteroatoms. The monoisotopic (exact) mass is 509 g/mol. The van der Waals surface area contributed by atoms with Crippen LogP contribution in [0.5, 0.6) is 0 Å². The number of rotatable bonds is 8. The van der Waals surface area contributed by atoms with Gasteiger partial charge in [0.1, 0.15) is 12.2 Å². The van der Waals surface area contributed by atoms with E-state index < -0.39 is 65.3 Å². The third-order valence-electron chi connectivity index (χ3n) is 3.51. The van der Waals surface area contributed by atoms with E-state index in [0.717, 1.165) is 12.3 Å². The van der Waals surface area contributed by atoms with E-state index in [1.807, 2.05) is 10.9 Å². The Bertz CT molecular complexity index is 1220. The van der Waals surface area contributed by atoms with Crippen LogP contribution < -0.4 is 17.0 Å². The molecular formula is C11H16N3O14P3. The highest BCUT2D eigenvalue weighted by Crippen LogP contribution is 2.66. The quantitative estimate of drug-likeness (QED) is 0.141. The summed E-state index contributed by atoms with van der Waals surface area (Å²) in [6.45, 7) is -3.62. The number of nitrogens with two attached hydrogens (primary N) is 1. The predicted octanol–water partition coefficient (Wildman–Crippen LogP) is -2.53. The number of hydrogen-bond donors (Lipinski definition) is 7. The number of terminal acetylenes is 1. The second kappa shape index (κ2) is 8.81. The summed E-state index contributed by atoms with van der Waals surface area (Å²) in [6, 6.07) is 0.835. The fourth-order valence-electron chi connectivity index (χ4n) is 2.29. The van der Waals surface area contributed by atoms with Gasteiger partial charge in [-0.2, -0.15) is 8.62 Å². The molecule has 1 aromatic heterocycles. The van der Waals surface area contributed by atoms with E-state index in [4.69, 9.17) is 34.3 Å². The van der Waals surface area contributed by atoms with Crippen molar-refractivity contribution in [2.24, 2.45) is 5.73 Å². The molecule has 3 unspecified atom stereocenters. The summed E-state index contributed by atoms with van der Waals surface area (Å²) in [6.07, 6.45) is -0.376. The van der Waals surface area contributed by atoms with Gasteiger partial charge >= 0.3 is 29.2 Å². The van der Waals surface area contributed by atoms with Gasteiger partial charge in [0.05, 0.1) is 9.30 Å². The zero-order valence-corrected chi connectivity index (χ0v) is 17.4. The molecule has 0 bridgehead atoms. The van der Waals surface area contributed by atoms with Crippen LogP contribution in [0.2, 0.25) is 0 Å². The molecule has 31 heavy (non-hydrogen) atoms. The molecule has 2 rings (SSSR count). The standard InChI is InChI=1S/C11H16N3O14P3/c1-2-11(12)8(16)6(26-9(11)14-4-3-7(15)13-10(14)17)5-25-30(21,22)28-31(23,24)27-29(18,19)20/h1,3-4,6,8-9,16H,5,12H2,(H,21,22)(H,23,24)(H,13,15,17)(H2,18,19,20)/t6-,8+,9-,11?/m1/s1/i5D2. The lowest BCUT2D eigenvalue weighted by Gasteiger charge is -2.27. The summed E-state index contributed by atoms with van der Waals surface area (Å²) in [7, 11) is -17.7. The normalized spacial score (nSPS) is 31.7. The highest BCUT2D eigenvalue weighted by molar-refractivity contribution is 7.66. The lowest BCUT2D eigenvalue weighted by Crippen LogP contribution is -2.55. The maximum atomic E-state index is 12.0. The first kappa shape index (κ1) is 22.7. The zero-order valence-electron chi connectivity index (χ0n) is 16.7. The number of H-pyrrole nitrogens is 1. The van der Waals surface area contributed by atoms with E-state index >= 15 is 0 Å². The minimum absolute atomic E-state index is 0.575. The van der Waals surface area contributed by atoms with E-state index in [1.54, 1.807) is 0 Å². The van der Waals surface area contributed by atoms with Gasteiger partial charge in [0.2, 0.25) is 0 Å². The molecule has 0 amide bonds. The topological polar surface area (TPSA) is 270 Å². The molecule has 1 fully saturated rings. The van der Waals surface area contributed by atoms with Crippen molar-refractivity contribution in [1.29, 1.82) is 0 Å². The predicted molar refractivity (Wildman–Crippen MR) is 96.8 cm³/mol. The van der Waals surface area contributed by atoms with Gasteiger partial charge in [-0.15, -0.1) is 6.42 Å². The van der Waals surface area contributed by atoms with Crippen molar-refractivity contribution in [2.75, 3.05) is 6.56 Å². The van der Waals surface area contributed by atoms with Gasteiger partial charge in [-0.25, -0.2) is 18.5 Å². The number of aliphatic hydroxyl groups is 1. The van der Waals surface area contributed by atoms with Gasteiger partial charge in [0, 0.05) is 12.3 Å². The molecule has 0 spiro atoms. The Morgan fingerprint density at radius 1 is 1.29 bits per heavy atom. The number of phosphoric acid groups is 3. The fourth-order valence-corrected chi connectivity index (χ4v) is 5.17. The van der Waals surface area contributed by atoms with Crippen molar-refractivity contribution >= 4 is 23.5 Å². The molecule has 174 valence electrons. The first-order valence-electron chi connectivity index (χ1n) is 8.49. The smallest absolute Gasteiger partial charge is 0.387 e. The largest absolute Gasteiger partial charge is 0.490 e. The number of aliphatic hydroxyl groups excluding tert-OH is 1. The van der Waals surface area contributed by atoms with E-state index in [-0.39, 0.29) is 0 Å². The molecule has 0 aromatic carbocycles. The number of hydrogen-bond acceptors (Lipinski definition) is 11. The van der Waals surface area contributed by atoms with Crippen molar-refractivity contribution in [3.8, 4) is 12.3 Å². The molecule has 1 saturated heterocycles. The molecule has 1 aliphatic heterocycles. The van der Waals surface area contributed by atoms with Crippen LogP contribution in [0, 0.1) is 12.3 Å². The Balaban J connectivity index is 2.36. The summed E-state index contributed by atoms with van der Waals surface area (Å²) in [4.78, 5) is 60.9. The minimum Gasteiger partial charge on any atom is -0.387 e. The number of aromatic nitrogens is 2. The molecule has 1 aromatic rings. The Morgan fingerprint density at radius 2 is 1.90 bits per heavy atom. The van der Waals surface area contributed by atoms with E-state index in [2.05, 4.69) is 13.1 Å². The van der Waals surface area contributed by atoms with Gasteiger partial charge in [0.15, 0.2) is 11.8 Å². The van der Waals surface area contributed by atoms with Gasteiger partial charge in [-0.1, -0.05) is 5.92 Å². The number of nitrogens with zero attached hydrogens (tertiary/aromatic N) is 1. The average Bonchev–Trinajstić information content (AvgIpc) is 2.83. The van der Waals surface area contributed by atoms with Crippen LogP contribution in [0.1, 0.15) is 8.97 Å². The van der Waals surface area contributed by atoms with Crippen molar-refractivity contribution < 1.29 is 59.0 Å². The Hall–Kier alpha value is -1.47. The Kier molecular flexibility index (Phi) is 6.46. The molecule has 0 saturated carbocycles. The molecule has 17 nitrogen and oxygen atoms in total. The highest BCUT2D eigenvalue weighted by Gasteiger charge is 2.55. The third kappa shape index (κ3) is 6.28. The lowest BCUT2D eigenvalue weighted by molar-refractivity contribution is -0.0468. The van der Waals surface area contributed by atoms with Crippen molar-refractivity contribution in [3.05, 3.63) is 33.1 Å². The van der Waals surface area contributed by atoms with Gasteiger partial charge in [0.25, 0.3) is 5.56 Å². The van der Waals surface area contributed by atoms with Crippen LogP contribution in [0.3, 0.4) is 0 Å². The van der Waals surface area contributed by atoms with Gasteiger partial charge < -0.3 is 35.2 Å². The Labute approximate surface area is 174 Å². The molecule has 0 radical (unpaired) electrons. The van der Waals surface area contributed by atoms with Crippen LogP contribution in [0.15, 0.2) is 21.9 Å². The molecule has 0 aliphatic carbocycles. The number of ether oxygens (including phenoxy) is 1. The lowest BCUT2D eigenvalue weighted by atomic mass is 9.92. The van der Waals surface area contributed by atoms with Crippen molar-refractivity contribution in [3.63, 3.8) is 0 Å². The second-order valence-corrected chi connectivity index (χ2v) is 10.1. The molecule has 1 aliphatic rings. The summed E-state index contributed by atoms with van der Waals surface area (Å²) in [5, 5.41) is 10.5. The van der Waals surface area contributed by atoms with E-state index in [1.165, 1.54) is 0 Å². The summed E-state index contributed by atoms with van der Waals surface area (Å²) in [5.74, 6) is 1.88. The second-order valence-electron chi connectivity index (χ2n) is 5.75. The fraction of sp³-hybridized carbons (Fsp3) is 0.455. The van der Waals surface area contributed by atoms with Gasteiger partial charge in [-0.05, 0) is 0 Å². The maximum absolute atomic E-state index is 12.0. The molecule has 2 heterocycles. The molecular weight excluding hydrogens is 491 g/mol. The van der Waals surface area contributed by atoms with Gasteiger partial charge in [-0.3, -0.25) is 18.9 Å². The first-order chi connectivity index (χ1) is 14.7. The highest BCUT2D eigenvalue weighted by atomic mass is 31.3. The zero-order chi connectivity index (χ0) is 25.6. The van der Waals surface area contributed by atoms with Crippen molar-refractivity contribution in [1.82, 2.24) is 9.55 Å².